The molecule has 0 aliphatic heterocycles. The molecule has 0 aromatic heterocycles. The highest BCUT2D eigenvalue weighted by Crippen LogP contribution is 2.27. The number of halogens is 1. The lowest BCUT2D eigenvalue weighted by Gasteiger charge is -2.18. The lowest BCUT2D eigenvalue weighted by Crippen LogP contribution is -2.35. The van der Waals surface area contributed by atoms with Gasteiger partial charge in [0.1, 0.15) is 5.75 Å². The summed E-state index contributed by atoms with van der Waals surface area (Å²) >= 11 is 5.95. The van der Waals surface area contributed by atoms with Gasteiger partial charge < -0.3 is 20.3 Å². The molecule has 0 aliphatic rings. The molecule has 148 valence electrons. The highest BCUT2D eigenvalue weighted by Gasteiger charge is 2.15. The van der Waals surface area contributed by atoms with E-state index in [1.54, 1.807) is 49.5 Å². The molecule has 0 saturated heterocycles. The van der Waals surface area contributed by atoms with Crippen LogP contribution in [0.15, 0.2) is 42.5 Å². The second-order valence-electron chi connectivity index (χ2n) is 6.20. The number of rotatable bonds is 7. The van der Waals surface area contributed by atoms with Crippen LogP contribution >= 0.6 is 11.6 Å². The maximum atomic E-state index is 12.4. The number of hydrogen-bond acceptors (Lipinski definition) is 4. The molecule has 0 heterocycles. The van der Waals surface area contributed by atoms with Crippen molar-refractivity contribution >= 4 is 40.7 Å². The van der Waals surface area contributed by atoms with Gasteiger partial charge in [0.05, 0.1) is 25.8 Å². The molecular weight excluding hydrogens is 382 g/mol. The largest absolute Gasteiger partial charge is 0.495 e. The first-order valence-corrected chi connectivity index (χ1v) is 8.90. The zero-order chi connectivity index (χ0) is 20.7. The summed E-state index contributed by atoms with van der Waals surface area (Å²) in [5, 5.41) is 5.82. The Balaban J connectivity index is 1.92. The Hall–Kier alpha value is -3.06. The summed E-state index contributed by atoms with van der Waals surface area (Å²) in [5.74, 6) is -0.255. The Labute approximate surface area is 168 Å². The number of benzene rings is 2. The van der Waals surface area contributed by atoms with Crippen LogP contribution < -0.4 is 15.4 Å². The van der Waals surface area contributed by atoms with Crippen molar-refractivity contribution in [2.75, 3.05) is 31.3 Å². The van der Waals surface area contributed by atoms with Gasteiger partial charge in [0.25, 0.3) is 0 Å². The van der Waals surface area contributed by atoms with E-state index in [4.69, 9.17) is 16.3 Å². The third kappa shape index (κ3) is 6.28. The molecule has 7 nitrogen and oxygen atoms in total. The van der Waals surface area contributed by atoms with Crippen LogP contribution in [0.5, 0.6) is 5.75 Å². The Morgan fingerprint density at radius 3 is 2.36 bits per heavy atom. The summed E-state index contributed by atoms with van der Waals surface area (Å²) in [5.41, 5.74) is 1.88. The van der Waals surface area contributed by atoms with Gasteiger partial charge in [-0.3, -0.25) is 14.4 Å². The molecular formula is C20H22ClN3O4. The van der Waals surface area contributed by atoms with Crippen LogP contribution in [0.2, 0.25) is 5.02 Å². The quantitative estimate of drug-likeness (QED) is 0.744. The van der Waals surface area contributed by atoms with Gasteiger partial charge in [0.2, 0.25) is 17.7 Å². The molecule has 3 amide bonds. The zero-order valence-corrected chi connectivity index (χ0v) is 16.7. The van der Waals surface area contributed by atoms with Crippen molar-refractivity contribution in [3.05, 3.63) is 53.1 Å². The standard InChI is InChI=1S/C20H22ClN3O4/c1-13(25)22-16-7-4-14(5-8-16)10-20(27)24(2)12-19(26)23-17-11-15(21)6-9-18(17)28-3/h4-9,11H,10,12H2,1-3H3,(H,22,25)(H,23,26). The van der Waals surface area contributed by atoms with Crippen molar-refractivity contribution < 1.29 is 19.1 Å². The molecule has 2 aromatic rings. The third-order valence-electron chi connectivity index (χ3n) is 3.87. The minimum Gasteiger partial charge on any atom is -0.495 e. The van der Waals surface area contributed by atoms with Gasteiger partial charge in [-0.2, -0.15) is 0 Å². The lowest BCUT2D eigenvalue weighted by atomic mass is 10.1. The maximum Gasteiger partial charge on any atom is 0.244 e. The van der Waals surface area contributed by atoms with Crippen LogP contribution in [0.4, 0.5) is 11.4 Å². The summed E-state index contributed by atoms with van der Waals surface area (Å²) in [6.07, 6.45) is 0.143. The number of carbonyl (C=O) groups is 3. The van der Waals surface area contributed by atoms with Crippen molar-refractivity contribution in [3.63, 3.8) is 0 Å². The van der Waals surface area contributed by atoms with Crippen LogP contribution in [0.1, 0.15) is 12.5 Å². The van der Waals surface area contributed by atoms with Crippen LogP contribution in [-0.4, -0.2) is 43.3 Å². The van der Waals surface area contributed by atoms with Gasteiger partial charge in [-0.1, -0.05) is 23.7 Å². The lowest BCUT2D eigenvalue weighted by molar-refractivity contribution is -0.132. The minimum absolute atomic E-state index is 0.113. The fourth-order valence-electron chi connectivity index (χ4n) is 2.49. The Morgan fingerprint density at radius 2 is 1.75 bits per heavy atom. The van der Waals surface area contributed by atoms with Gasteiger partial charge in [-0.15, -0.1) is 0 Å². The summed E-state index contributed by atoms with van der Waals surface area (Å²) in [7, 11) is 3.05. The molecule has 2 aromatic carbocycles. The van der Waals surface area contributed by atoms with Gasteiger partial charge >= 0.3 is 0 Å². The summed E-state index contributed by atoms with van der Waals surface area (Å²) in [4.78, 5) is 37.0. The molecule has 28 heavy (non-hydrogen) atoms. The number of ether oxygens (including phenoxy) is 1. The molecule has 0 saturated carbocycles. The average Bonchev–Trinajstić information content (AvgIpc) is 2.63. The van der Waals surface area contributed by atoms with E-state index in [9.17, 15) is 14.4 Å². The van der Waals surface area contributed by atoms with Crippen LogP contribution in [-0.2, 0) is 20.8 Å². The van der Waals surface area contributed by atoms with E-state index >= 15 is 0 Å². The van der Waals surface area contributed by atoms with Crippen molar-refractivity contribution in [1.82, 2.24) is 4.90 Å². The Morgan fingerprint density at radius 1 is 1.07 bits per heavy atom. The predicted molar refractivity (Wildman–Crippen MR) is 109 cm³/mol. The minimum atomic E-state index is -0.363. The van der Waals surface area contributed by atoms with E-state index in [-0.39, 0.29) is 30.7 Å². The first-order chi connectivity index (χ1) is 13.3. The number of carbonyl (C=O) groups excluding carboxylic acids is 3. The fraction of sp³-hybridized carbons (Fsp3) is 0.250. The fourth-order valence-corrected chi connectivity index (χ4v) is 2.66. The van der Waals surface area contributed by atoms with Crippen molar-refractivity contribution in [1.29, 1.82) is 0 Å². The number of amides is 3. The van der Waals surface area contributed by atoms with Crippen molar-refractivity contribution in [3.8, 4) is 5.75 Å². The molecule has 0 aliphatic carbocycles. The van der Waals surface area contributed by atoms with E-state index in [0.717, 1.165) is 5.56 Å². The molecule has 0 bridgehead atoms. The van der Waals surface area contributed by atoms with E-state index in [1.807, 2.05) is 0 Å². The normalized spacial score (nSPS) is 10.1. The summed E-state index contributed by atoms with van der Waals surface area (Å²) in [6, 6.07) is 11.9. The zero-order valence-electron chi connectivity index (χ0n) is 15.9. The van der Waals surface area contributed by atoms with Crippen LogP contribution in [0.3, 0.4) is 0 Å². The number of methoxy groups -OCH3 is 1. The van der Waals surface area contributed by atoms with E-state index in [2.05, 4.69) is 10.6 Å². The van der Waals surface area contributed by atoms with Crippen LogP contribution in [0, 0.1) is 0 Å². The van der Waals surface area contributed by atoms with Gasteiger partial charge in [0, 0.05) is 24.7 Å². The average molecular weight is 404 g/mol. The molecule has 2 rings (SSSR count). The second kappa shape index (κ2) is 9.75. The maximum absolute atomic E-state index is 12.4. The van der Waals surface area contributed by atoms with E-state index in [0.29, 0.717) is 22.1 Å². The molecule has 0 atom stereocenters. The highest BCUT2D eigenvalue weighted by molar-refractivity contribution is 6.31. The highest BCUT2D eigenvalue weighted by atomic mass is 35.5. The number of nitrogens with one attached hydrogen (secondary N) is 2. The Kier molecular flexibility index (Phi) is 7.40. The van der Waals surface area contributed by atoms with Crippen molar-refractivity contribution in [2.45, 2.75) is 13.3 Å². The Bertz CT molecular complexity index is 868. The van der Waals surface area contributed by atoms with E-state index < -0.39 is 0 Å². The smallest absolute Gasteiger partial charge is 0.244 e. The monoisotopic (exact) mass is 403 g/mol. The predicted octanol–water partition coefficient (Wildman–Crippen LogP) is 2.95. The topological polar surface area (TPSA) is 87.7 Å². The summed E-state index contributed by atoms with van der Waals surface area (Å²) in [6.45, 7) is 1.31. The molecule has 0 fully saturated rings. The van der Waals surface area contributed by atoms with Gasteiger partial charge in [-0.05, 0) is 35.9 Å². The number of hydrogen-bond donors (Lipinski definition) is 2. The number of anilines is 2. The van der Waals surface area contributed by atoms with Gasteiger partial charge in [0.15, 0.2) is 0 Å². The number of likely N-dealkylation sites (N-methyl/N-ethyl adjacent to an activating group) is 1. The first kappa shape index (κ1) is 21.2. The molecule has 2 N–H and O–H groups in total. The second-order valence-corrected chi connectivity index (χ2v) is 6.63. The van der Waals surface area contributed by atoms with Crippen molar-refractivity contribution in [2.24, 2.45) is 0 Å². The first-order valence-electron chi connectivity index (χ1n) is 8.52. The molecule has 0 unspecified atom stereocenters. The summed E-state index contributed by atoms with van der Waals surface area (Å²) < 4.78 is 5.19. The molecule has 8 heteroatoms. The van der Waals surface area contributed by atoms with Crippen LogP contribution in [0.25, 0.3) is 0 Å². The number of nitrogens with zero attached hydrogens (tertiary/aromatic N) is 1. The van der Waals surface area contributed by atoms with E-state index in [1.165, 1.54) is 18.9 Å². The third-order valence-corrected chi connectivity index (χ3v) is 4.11. The molecule has 0 radical (unpaired) electrons. The SMILES string of the molecule is COc1ccc(Cl)cc1NC(=O)CN(C)C(=O)Cc1ccc(NC(C)=O)cc1. The van der Waals surface area contributed by atoms with Gasteiger partial charge in [-0.25, -0.2) is 0 Å². The molecule has 0 spiro atoms.